The summed E-state index contributed by atoms with van der Waals surface area (Å²) in [5.74, 6) is 1.34. The molecule has 7 heteroatoms. The molecule has 0 aliphatic carbocycles. The highest BCUT2D eigenvalue weighted by atomic mass is 35.5. The van der Waals surface area contributed by atoms with Gasteiger partial charge in [0.25, 0.3) is 5.91 Å². The lowest BCUT2D eigenvalue weighted by Crippen LogP contribution is -2.40. The summed E-state index contributed by atoms with van der Waals surface area (Å²) in [7, 11) is -0.997. The number of benzene rings is 2. The lowest BCUT2D eigenvalue weighted by Gasteiger charge is -2.31. The largest absolute Gasteiger partial charge is 0.352 e. The molecule has 1 atom stereocenters. The minimum absolute atomic E-state index is 0.0314. The van der Waals surface area contributed by atoms with Gasteiger partial charge in [0.2, 0.25) is 0 Å². The Morgan fingerprint density at radius 2 is 1.74 bits per heavy atom. The summed E-state index contributed by atoms with van der Waals surface area (Å²) in [6.45, 7) is 8.22. The number of nitrogens with zero attached hydrogens (tertiary/aromatic N) is 1. The lowest BCUT2D eigenvalue weighted by atomic mass is 9.87. The Kier molecular flexibility index (Phi) is 11.0. The molecular weight excluding hydrogens is 466 g/mol. The van der Waals surface area contributed by atoms with Crippen molar-refractivity contribution < 1.29 is 9.00 Å². The summed E-state index contributed by atoms with van der Waals surface area (Å²) in [6, 6.07) is 15.7. The van der Waals surface area contributed by atoms with Crippen molar-refractivity contribution in [2.75, 3.05) is 32.7 Å². The molecule has 1 amide bonds. The Bertz CT molecular complexity index is 927. The van der Waals surface area contributed by atoms with Crippen molar-refractivity contribution in [3.8, 4) is 0 Å². The Morgan fingerprint density at radius 1 is 1.06 bits per heavy atom. The van der Waals surface area contributed by atoms with Crippen LogP contribution in [0, 0.1) is 5.92 Å². The van der Waals surface area contributed by atoms with Crippen LogP contribution in [0.2, 0.25) is 5.02 Å². The maximum atomic E-state index is 13.0. The first kappa shape index (κ1) is 26.9. The molecule has 0 bridgehead atoms. The summed E-state index contributed by atoms with van der Waals surface area (Å²) in [4.78, 5) is 13.0. The molecule has 186 valence electrons. The monoisotopic (exact) mass is 503 g/mol. The van der Waals surface area contributed by atoms with Crippen molar-refractivity contribution in [1.82, 2.24) is 14.9 Å². The van der Waals surface area contributed by atoms with Gasteiger partial charge in [-0.1, -0.05) is 61.8 Å². The molecule has 2 aromatic rings. The Hall–Kier alpha value is -1.73. The zero-order valence-corrected chi connectivity index (χ0v) is 22.0. The fourth-order valence-electron chi connectivity index (χ4n) is 4.67. The number of nitrogens with one attached hydrogen (secondary N) is 2. The van der Waals surface area contributed by atoms with Crippen LogP contribution < -0.4 is 10.6 Å². The molecule has 2 aromatic carbocycles. The molecule has 0 spiro atoms. The maximum Gasteiger partial charge on any atom is 0.251 e. The van der Waals surface area contributed by atoms with E-state index in [1.807, 2.05) is 62.4 Å². The van der Waals surface area contributed by atoms with Gasteiger partial charge in [-0.25, -0.2) is 8.51 Å². The minimum atomic E-state index is -0.997. The number of piperidine rings is 2. The Labute approximate surface area is 212 Å². The smallest absolute Gasteiger partial charge is 0.251 e. The second kappa shape index (κ2) is 14.0. The third kappa shape index (κ3) is 7.64. The second-order valence-corrected chi connectivity index (χ2v) is 10.7. The van der Waals surface area contributed by atoms with E-state index in [9.17, 15) is 9.00 Å². The topological polar surface area (TPSA) is 61.4 Å². The van der Waals surface area contributed by atoms with Crippen molar-refractivity contribution in [3.05, 3.63) is 70.2 Å². The average molecular weight is 504 g/mol. The molecule has 0 radical (unpaired) electrons. The molecule has 4 rings (SSSR count). The molecule has 2 fully saturated rings. The predicted molar refractivity (Wildman–Crippen MR) is 143 cm³/mol. The van der Waals surface area contributed by atoms with Gasteiger partial charge in [0, 0.05) is 30.2 Å². The van der Waals surface area contributed by atoms with Gasteiger partial charge in [0.05, 0.1) is 16.7 Å². The van der Waals surface area contributed by atoms with E-state index < -0.39 is 11.0 Å². The normalized spacial score (nSPS) is 18.6. The van der Waals surface area contributed by atoms with Crippen LogP contribution in [0.15, 0.2) is 48.5 Å². The quantitative estimate of drug-likeness (QED) is 0.550. The van der Waals surface area contributed by atoms with Crippen molar-refractivity contribution >= 4 is 28.5 Å². The number of hydrogen-bond acceptors (Lipinski definition) is 3. The van der Waals surface area contributed by atoms with Crippen LogP contribution in [0.3, 0.4) is 0 Å². The molecule has 1 unspecified atom stereocenters. The van der Waals surface area contributed by atoms with Crippen molar-refractivity contribution in [3.63, 3.8) is 0 Å². The van der Waals surface area contributed by atoms with E-state index >= 15 is 0 Å². The Balaban J connectivity index is 0.00000158. The van der Waals surface area contributed by atoms with Gasteiger partial charge >= 0.3 is 0 Å². The summed E-state index contributed by atoms with van der Waals surface area (Å²) in [5, 5.41) is 7.14. The van der Waals surface area contributed by atoms with Gasteiger partial charge in [-0.05, 0) is 73.9 Å². The molecule has 0 saturated carbocycles. The van der Waals surface area contributed by atoms with E-state index in [1.165, 1.54) is 0 Å². The second-order valence-electron chi connectivity index (χ2n) is 8.79. The molecule has 0 aromatic heterocycles. The van der Waals surface area contributed by atoms with E-state index in [4.69, 9.17) is 11.6 Å². The van der Waals surface area contributed by atoms with Crippen LogP contribution in [-0.2, 0) is 16.7 Å². The fourth-order valence-corrected chi connectivity index (χ4v) is 6.12. The highest BCUT2D eigenvalue weighted by Crippen LogP contribution is 2.30. The van der Waals surface area contributed by atoms with Crippen LogP contribution in [-0.4, -0.2) is 47.1 Å². The SMILES string of the molecule is CC.O=C(NCC1CCN(S(=O)Cc2ccccc2)CC1)c1cc(Cl)ccc1C1CCNCC1. The maximum absolute atomic E-state index is 13.0. The first-order valence-corrected chi connectivity index (χ1v) is 14.2. The van der Waals surface area contributed by atoms with Gasteiger partial charge in [-0.15, -0.1) is 0 Å². The predicted octanol–water partition coefficient (Wildman–Crippen LogP) is 5.14. The van der Waals surface area contributed by atoms with Crippen LogP contribution >= 0.6 is 11.6 Å². The minimum Gasteiger partial charge on any atom is -0.352 e. The zero-order valence-electron chi connectivity index (χ0n) is 20.4. The molecule has 2 aliphatic rings. The van der Waals surface area contributed by atoms with E-state index in [-0.39, 0.29) is 5.91 Å². The standard InChI is InChI=1S/C25H32ClN3O2S.C2H6/c26-22-6-7-23(21-8-12-27-13-9-21)24(16-22)25(30)28-17-19-10-14-29(15-11-19)32(31)18-20-4-2-1-3-5-20;1-2/h1-7,16,19,21,27H,8-15,17-18H2,(H,28,30);1-2H3. The lowest BCUT2D eigenvalue weighted by molar-refractivity contribution is 0.0940. The molecule has 5 nitrogen and oxygen atoms in total. The average Bonchev–Trinajstić information content (AvgIpc) is 2.90. The zero-order chi connectivity index (χ0) is 24.3. The highest BCUT2D eigenvalue weighted by molar-refractivity contribution is 7.81. The van der Waals surface area contributed by atoms with Gasteiger partial charge in [0.15, 0.2) is 0 Å². The molecule has 2 saturated heterocycles. The summed E-state index contributed by atoms with van der Waals surface area (Å²) < 4.78 is 14.8. The van der Waals surface area contributed by atoms with Gasteiger partial charge in [0.1, 0.15) is 0 Å². The Morgan fingerprint density at radius 3 is 2.41 bits per heavy atom. The molecule has 34 heavy (non-hydrogen) atoms. The van der Waals surface area contributed by atoms with Crippen LogP contribution in [0.4, 0.5) is 0 Å². The summed E-state index contributed by atoms with van der Waals surface area (Å²) in [6.07, 6.45) is 3.97. The molecule has 2 N–H and O–H groups in total. The third-order valence-corrected chi connectivity index (χ3v) is 8.34. The number of rotatable bonds is 7. The van der Waals surface area contributed by atoms with E-state index in [2.05, 4.69) is 14.9 Å². The molecule has 2 heterocycles. The number of hydrogen-bond donors (Lipinski definition) is 2. The van der Waals surface area contributed by atoms with Gasteiger partial charge < -0.3 is 10.6 Å². The van der Waals surface area contributed by atoms with Crippen LogP contribution in [0.25, 0.3) is 0 Å². The summed E-state index contributed by atoms with van der Waals surface area (Å²) >= 11 is 6.23. The van der Waals surface area contributed by atoms with Crippen LogP contribution in [0.1, 0.15) is 66.9 Å². The van der Waals surface area contributed by atoms with E-state index in [0.29, 0.717) is 34.7 Å². The molecular formula is C27H38ClN3O2S. The van der Waals surface area contributed by atoms with Crippen molar-refractivity contribution in [2.24, 2.45) is 5.92 Å². The van der Waals surface area contributed by atoms with E-state index in [0.717, 1.165) is 63.0 Å². The van der Waals surface area contributed by atoms with Crippen molar-refractivity contribution in [1.29, 1.82) is 0 Å². The number of halogens is 1. The van der Waals surface area contributed by atoms with Crippen molar-refractivity contribution in [2.45, 2.75) is 51.2 Å². The fraction of sp³-hybridized carbons (Fsp3) is 0.519. The summed E-state index contributed by atoms with van der Waals surface area (Å²) in [5.41, 5.74) is 2.93. The number of amides is 1. The van der Waals surface area contributed by atoms with Gasteiger partial charge in [-0.3, -0.25) is 4.79 Å². The third-order valence-electron chi connectivity index (χ3n) is 6.58. The first-order chi connectivity index (χ1) is 16.6. The van der Waals surface area contributed by atoms with Crippen LogP contribution in [0.5, 0.6) is 0 Å². The van der Waals surface area contributed by atoms with Gasteiger partial charge in [-0.2, -0.15) is 0 Å². The van der Waals surface area contributed by atoms with E-state index in [1.54, 1.807) is 0 Å². The molecule has 2 aliphatic heterocycles. The number of carbonyl (C=O) groups excluding carboxylic acids is 1. The highest BCUT2D eigenvalue weighted by Gasteiger charge is 2.25. The first-order valence-electron chi connectivity index (χ1n) is 12.6. The number of carbonyl (C=O) groups is 1.